The zero-order valence-electron chi connectivity index (χ0n) is 13.1. The Hall–Kier alpha value is -3.15. The quantitative estimate of drug-likeness (QED) is 0.850. The summed E-state index contributed by atoms with van der Waals surface area (Å²) in [5.74, 6) is -0.758. The van der Waals surface area contributed by atoms with Crippen molar-refractivity contribution in [2.24, 2.45) is 0 Å². The molecule has 0 unspecified atom stereocenters. The monoisotopic (exact) mass is 324 g/mol. The van der Waals surface area contributed by atoms with Crippen molar-refractivity contribution in [1.29, 1.82) is 0 Å². The van der Waals surface area contributed by atoms with Crippen molar-refractivity contribution in [3.63, 3.8) is 0 Å². The minimum absolute atomic E-state index is 0.0145. The van der Waals surface area contributed by atoms with Crippen LogP contribution in [0.25, 0.3) is 0 Å². The summed E-state index contributed by atoms with van der Waals surface area (Å²) in [5.41, 5.74) is 3.05. The molecule has 1 heterocycles. The second-order valence-corrected chi connectivity index (χ2v) is 5.45. The predicted molar refractivity (Wildman–Crippen MR) is 89.1 cm³/mol. The van der Waals surface area contributed by atoms with Gasteiger partial charge < -0.3 is 15.4 Å². The second kappa shape index (κ2) is 6.54. The highest BCUT2D eigenvalue weighted by Gasteiger charge is 2.17. The maximum atomic E-state index is 12.4. The molecular weight excluding hydrogens is 308 g/mol. The van der Waals surface area contributed by atoms with Gasteiger partial charge in [-0.25, -0.2) is 4.79 Å². The largest absolute Gasteiger partial charge is 0.465 e. The Morgan fingerprint density at radius 2 is 1.92 bits per heavy atom. The number of anilines is 2. The smallest absolute Gasteiger partial charge is 0.337 e. The van der Waals surface area contributed by atoms with E-state index in [2.05, 4.69) is 15.4 Å². The molecule has 0 saturated heterocycles. The number of esters is 1. The lowest BCUT2D eigenvalue weighted by molar-refractivity contribution is -0.116. The number of carbonyl (C=O) groups excluding carboxylic acids is 3. The average molecular weight is 324 g/mol. The second-order valence-electron chi connectivity index (χ2n) is 5.45. The Balaban J connectivity index is 1.78. The summed E-state index contributed by atoms with van der Waals surface area (Å²) < 4.78 is 4.67. The normalized spacial score (nSPS) is 12.8. The van der Waals surface area contributed by atoms with Gasteiger partial charge in [0.05, 0.1) is 12.7 Å². The minimum Gasteiger partial charge on any atom is -0.465 e. The number of amides is 2. The lowest BCUT2D eigenvalue weighted by Gasteiger charge is -2.17. The van der Waals surface area contributed by atoms with Gasteiger partial charge in [-0.05, 0) is 48.4 Å². The third-order valence-corrected chi connectivity index (χ3v) is 3.80. The van der Waals surface area contributed by atoms with Crippen molar-refractivity contribution in [2.45, 2.75) is 12.8 Å². The molecule has 0 aromatic heterocycles. The van der Waals surface area contributed by atoms with E-state index in [1.54, 1.807) is 42.5 Å². The fourth-order valence-corrected chi connectivity index (χ4v) is 2.57. The molecule has 0 aliphatic carbocycles. The first kappa shape index (κ1) is 15.7. The van der Waals surface area contributed by atoms with Crippen LogP contribution >= 0.6 is 0 Å². The number of hydrogen-bond donors (Lipinski definition) is 2. The van der Waals surface area contributed by atoms with Gasteiger partial charge in [-0.3, -0.25) is 9.59 Å². The van der Waals surface area contributed by atoms with Crippen LogP contribution in [0, 0.1) is 0 Å². The molecule has 0 radical (unpaired) electrons. The van der Waals surface area contributed by atoms with Crippen LogP contribution in [0.2, 0.25) is 0 Å². The van der Waals surface area contributed by atoms with E-state index in [0.29, 0.717) is 29.7 Å². The first-order valence-electron chi connectivity index (χ1n) is 7.49. The van der Waals surface area contributed by atoms with Crippen molar-refractivity contribution < 1.29 is 19.1 Å². The zero-order valence-corrected chi connectivity index (χ0v) is 13.1. The van der Waals surface area contributed by atoms with Crippen LogP contribution < -0.4 is 10.6 Å². The Bertz CT molecular complexity index is 830. The number of carbonyl (C=O) groups is 3. The van der Waals surface area contributed by atoms with Crippen LogP contribution in [0.15, 0.2) is 42.5 Å². The van der Waals surface area contributed by atoms with E-state index >= 15 is 0 Å². The van der Waals surface area contributed by atoms with Gasteiger partial charge in [0, 0.05) is 23.4 Å². The maximum absolute atomic E-state index is 12.4. The summed E-state index contributed by atoms with van der Waals surface area (Å²) in [6.45, 7) is 0. The number of aryl methyl sites for hydroxylation is 1. The van der Waals surface area contributed by atoms with Gasteiger partial charge in [0.1, 0.15) is 0 Å². The van der Waals surface area contributed by atoms with Crippen LogP contribution in [-0.4, -0.2) is 24.9 Å². The number of hydrogen-bond acceptors (Lipinski definition) is 4. The Morgan fingerprint density at radius 1 is 1.08 bits per heavy atom. The van der Waals surface area contributed by atoms with Crippen LogP contribution in [-0.2, 0) is 16.0 Å². The van der Waals surface area contributed by atoms with Crippen LogP contribution in [0.1, 0.15) is 32.7 Å². The first-order chi connectivity index (χ1) is 11.6. The molecule has 0 fully saturated rings. The van der Waals surface area contributed by atoms with Gasteiger partial charge in [0.15, 0.2) is 0 Å². The van der Waals surface area contributed by atoms with Crippen molar-refractivity contribution in [2.75, 3.05) is 17.7 Å². The zero-order chi connectivity index (χ0) is 17.1. The van der Waals surface area contributed by atoms with Crippen LogP contribution in [0.4, 0.5) is 11.4 Å². The highest BCUT2D eigenvalue weighted by molar-refractivity contribution is 6.05. The first-order valence-corrected chi connectivity index (χ1v) is 7.49. The van der Waals surface area contributed by atoms with E-state index in [1.807, 2.05) is 0 Å². The molecule has 122 valence electrons. The van der Waals surface area contributed by atoms with Gasteiger partial charge in [-0.2, -0.15) is 0 Å². The van der Waals surface area contributed by atoms with E-state index in [4.69, 9.17) is 0 Å². The SMILES string of the molecule is COC(=O)c1cccc(NC(=O)c2ccc3c(c2)CCC(=O)N3)c1. The van der Waals surface area contributed by atoms with Gasteiger partial charge in [-0.1, -0.05) is 6.07 Å². The third kappa shape index (κ3) is 3.27. The molecule has 2 N–H and O–H groups in total. The molecule has 2 amide bonds. The van der Waals surface area contributed by atoms with E-state index in [0.717, 1.165) is 11.3 Å². The van der Waals surface area contributed by atoms with Crippen molar-refractivity contribution in [1.82, 2.24) is 0 Å². The fourth-order valence-electron chi connectivity index (χ4n) is 2.57. The van der Waals surface area contributed by atoms with Gasteiger partial charge in [0.2, 0.25) is 5.91 Å². The van der Waals surface area contributed by atoms with Gasteiger partial charge in [-0.15, -0.1) is 0 Å². The van der Waals surface area contributed by atoms with Crippen molar-refractivity contribution in [3.05, 3.63) is 59.2 Å². The molecular formula is C18H16N2O4. The summed E-state index contributed by atoms with van der Waals surface area (Å²) in [6.07, 6.45) is 1.03. The topological polar surface area (TPSA) is 84.5 Å². The molecule has 1 aliphatic heterocycles. The number of rotatable bonds is 3. The molecule has 0 spiro atoms. The highest BCUT2D eigenvalue weighted by atomic mass is 16.5. The average Bonchev–Trinajstić information content (AvgIpc) is 2.60. The van der Waals surface area contributed by atoms with Gasteiger partial charge in [0.25, 0.3) is 5.91 Å². The molecule has 2 aromatic rings. The number of benzene rings is 2. The Kier molecular flexibility index (Phi) is 4.29. The maximum Gasteiger partial charge on any atom is 0.337 e. The highest BCUT2D eigenvalue weighted by Crippen LogP contribution is 2.24. The van der Waals surface area contributed by atoms with E-state index < -0.39 is 5.97 Å². The van der Waals surface area contributed by atoms with E-state index in [1.165, 1.54) is 7.11 Å². The fraction of sp³-hybridized carbons (Fsp3) is 0.167. The molecule has 3 rings (SSSR count). The lowest BCUT2D eigenvalue weighted by Crippen LogP contribution is -2.20. The molecule has 24 heavy (non-hydrogen) atoms. The van der Waals surface area contributed by atoms with Gasteiger partial charge >= 0.3 is 5.97 Å². The molecule has 1 aliphatic rings. The Labute approximate surface area is 138 Å². The molecule has 0 atom stereocenters. The van der Waals surface area contributed by atoms with Crippen molar-refractivity contribution >= 4 is 29.2 Å². The number of nitrogens with one attached hydrogen (secondary N) is 2. The standard InChI is InChI=1S/C18H16N2O4/c1-24-18(23)13-3-2-4-14(10-13)19-17(22)12-5-7-15-11(9-12)6-8-16(21)20-15/h2-5,7,9-10H,6,8H2,1H3,(H,19,22)(H,20,21). The minimum atomic E-state index is -0.462. The summed E-state index contributed by atoms with van der Waals surface area (Å²) >= 11 is 0. The predicted octanol–water partition coefficient (Wildman–Crippen LogP) is 2.61. The molecule has 6 nitrogen and oxygen atoms in total. The molecule has 6 heteroatoms. The number of ether oxygens (including phenoxy) is 1. The molecule has 2 aromatic carbocycles. The lowest BCUT2D eigenvalue weighted by atomic mass is 10.00. The summed E-state index contributed by atoms with van der Waals surface area (Å²) in [5, 5.41) is 5.54. The third-order valence-electron chi connectivity index (χ3n) is 3.80. The van der Waals surface area contributed by atoms with Crippen molar-refractivity contribution in [3.8, 4) is 0 Å². The Morgan fingerprint density at radius 3 is 2.71 bits per heavy atom. The van der Waals surface area contributed by atoms with Crippen LogP contribution in [0.5, 0.6) is 0 Å². The number of fused-ring (bicyclic) bond motifs is 1. The number of methoxy groups -OCH3 is 1. The summed E-state index contributed by atoms with van der Waals surface area (Å²) in [6, 6.07) is 11.7. The summed E-state index contributed by atoms with van der Waals surface area (Å²) in [7, 11) is 1.31. The molecule has 0 saturated carbocycles. The van der Waals surface area contributed by atoms with E-state index in [9.17, 15) is 14.4 Å². The van der Waals surface area contributed by atoms with Crippen LogP contribution in [0.3, 0.4) is 0 Å². The summed E-state index contributed by atoms with van der Waals surface area (Å²) in [4.78, 5) is 35.3. The van der Waals surface area contributed by atoms with E-state index in [-0.39, 0.29) is 11.8 Å². The molecule has 0 bridgehead atoms.